The number of carbonyl (C=O) groups excluding carboxylic acids is 1. The van der Waals surface area contributed by atoms with E-state index in [1.165, 1.54) is 5.01 Å². The molecule has 0 radical (unpaired) electrons. The first-order chi connectivity index (χ1) is 13.5. The molecule has 0 unspecified atom stereocenters. The Morgan fingerprint density at radius 2 is 1.82 bits per heavy atom. The van der Waals surface area contributed by atoms with Gasteiger partial charge in [0.1, 0.15) is 5.75 Å². The van der Waals surface area contributed by atoms with Crippen LogP contribution in [-0.4, -0.2) is 34.8 Å². The van der Waals surface area contributed by atoms with E-state index in [9.17, 15) is 9.59 Å². The number of rotatable bonds is 7. The van der Waals surface area contributed by atoms with Crippen molar-refractivity contribution in [3.63, 3.8) is 0 Å². The van der Waals surface area contributed by atoms with Crippen LogP contribution in [0.15, 0.2) is 58.1 Å². The molecule has 1 amide bonds. The average molecular weight is 445 g/mol. The van der Waals surface area contributed by atoms with Crippen LogP contribution in [0, 0.1) is 0 Å². The fraction of sp³-hybridized carbons (Fsp3) is 0.286. The Bertz CT molecular complexity index is 878. The predicted octanol–water partition coefficient (Wildman–Crippen LogP) is 4.39. The second kappa shape index (κ2) is 9.01. The molecule has 1 N–H and O–H groups in total. The molecule has 0 aliphatic carbocycles. The highest BCUT2D eigenvalue weighted by Crippen LogP contribution is 2.34. The maximum Gasteiger partial charge on any atom is 0.303 e. The quantitative estimate of drug-likeness (QED) is 0.686. The van der Waals surface area contributed by atoms with E-state index in [0.717, 1.165) is 27.1 Å². The van der Waals surface area contributed by atoms with Gasteiger partial charge in [0.2, 0.25) is 5.91 Å². The van der Waals surface area contributed by atoms with Crippen LogP contribution in [0.4, 0.5) is 0 Å². The summed E-state index contributed by atoms with van der Waals surface area (Å²) in [6.07, 6.45) is 1.01. The Labute approximate surface area is 171 Å². The number of hydrogen-bond acceptors (Lipinski definition) is 4. The van der Waals surface area contributed by atoms with Crippen molar-refractivity contribution in [1.29, 1.82) is 0 Å². The molecular weight excluding hydrogens is 424 g/mol. The van der Waals surface area contributed by atoms with Crippen LogP contribution in [-0.2, 0) is 9.59 Å². The minimum Gasteiger partial charge on any atom is -0.497 e. The van der Waals surface area contributed by atoms with E-state index in [1.807, 2.05) is 48.5 Å². The number of halogens is 1. The van der Waals surface area contributed by atoms with Crippen molar-refractivity contribution in [2.75, 3.05) is 7.11 Å². The van der Waals surface area contributed by atoms with Crippen LogP contribution in [0.1, 0.15) is 42.9 Å². The van der Waals surface area contributed by atoms with Gasteiger partial charge in [-0.1, -0.05) is 40.2 Å². The first-order valence-corrected chi connectivity index (χ1v) is 9.78. The molecule has 2 aromatic rings. The molecule has 6 nitrogen and oxygen atoms in total. The minimum absolute atomic E-state index is 0.0317. The average Bonchev–Trinajstić information content (AvgIpc) is 3.14. The molecule has 146 valence electrons. The van der Waals surface area contributed by atoms with Gasteiger partial charge in [-0.05, 0) is 41.8 Å². The van der Waals surface area contributed by atoms with E-state index in [0.29, 0.717) is 12.8 Å². The van der Waals surface area contributed by atoms with E-state index in [4.69, 9.17) is 9.84 Å². The van der Waals surface area contributed by atoms with Gasteiger partial charge in [-0.25, -0.2) is 5.01 Å². The number of carboxylic acids is 1. The number of aliphatic carboxylic acids is 1. The van der Waals surface area contributed by atoms with E-state index < -0.39 is 5.97 Å². The number of nitrogens with zero attached hydrogens (tertiary/aromatic N) is 2. The standard InChI is InChI=1S/C21H21BrN2O4/c1-28-17-11-7-15(8-12-17)19-13-18(14-5-9-16(22)10-6-14)23-24(19)20(25)3-2-4-21(26)27/h5-12,19H,2-4,13H2,1H3,(H,26,27)/t19-/m1/s1. The number of ether oxygens (including phenoxy) is 1. The van der Waals surface area contributed by atoms with E-state index >= 15 is 0 Å². The first-order valence-electron chi connectivity index (χ1n) is 8.99. The number of carboxylic acid groups (broad SMARTS) is 1. The van der Waals surface area contributed by atoms with E-state index in [-0.39, 0.29) is 24.8 Å². The molecule has 1 atom stereocenters. The number of amides is 1. The van der Waals surface area contributed by atoms with Gasteiger partial charge in [0.15, 0.2) is 0 Å². The highest BCUT2D eigenvalue weighted by atomic mass is 79.9. The third-order valence-corrected chi connectivity index (χ3v) is 5.15. The largest absolute Gasteiger partial charge is 0.497 e. The Balaban J connectivity index is 1.84. The first kappa shape index (κ1) is 20.1. The smallest absolute Gasteiger partial charge is 0.303 e. The zero-order chi connectivity index (χ0) is 20.1. The Hall–Kier alpha value is -2.67. The van der Waals surface area contributed by atoms with Crippen LogP contribution < -0.4 is 4.74 Å². The highest BCUT2D eigenvalue weighted by molar-refractivity contribution is 9.10. The monoisotopic (exact) mass is 444 g/mol. The zero-order valence-electron chi connectivity index (χ0n) is 15.5. The van der Waals surface area contributed by atoms with Crippen LogP contribution in [0.25, 0.3) is 0 Å². The van der Waals surface area contributed by atoms with Crippen LogP contribution in [0.2, 0.25) is 0 Å². The molecule has 0 spiro atoms. The maximum absolute atomic E-state index is 12.8. The van der Waals surface area contributed by atoms with Gasteiger partial charge < -0.3 is 9.84 Å². The van der Waals surface area contributed by atoms with Crippen molar-refractivity contribution in [1.82, 2.24) is 5.01 Å². The van der Waals surface area contributed by atoms with Crippen LogP contribution >= 0.6 is 15.9 Å². The SMILES string of the molecule is COc1ccc([C@H]2CC(c3ccc(Br)cc3)=NN2C(=O)CCCC(=O)O)cc1. The predicted molar refractivity (Wildman–Crippen MR) is 109 cm³/mol. The molecule has 0 bridgehead atoms. The molecule has 28 heavy (non-hydrogen) atoms. The Kier molecular flexibility index (Phi) is 6.46. The zero-order valence-corrected chi connectivity index (χ0v) is 17.1. The van der Waals surface area contributed by atoms with E-state index in [2.05, 4.69) is 21.0 Å². The molecule has 0 saturated carbocycles. The van der Waals surface area contributed by atoms with Crippen molar-refractivity contribution in [2.45, 2.75) is 31.7 Å². The molecular formula is C21H21BrN2O4. The lowest BCUT2D eigenvalue weighted by atomic mass is 9.98. The molecule has 1 heterocycles. The normalized spacial score (nSPS) is 16.0. The summed E-state index contributed by atoms with van der Waals surface area (Å²) in [5.41, 5.74) is 2.76. The van der Waals surface area contributed by atoms with Crippen molar-refractivity contribution in [3.8, 4) is 5.75 Å². The maximum atomic E-state index is 12.8. The van der Waals surface area contributed by atoms with Crippen molar-refractivity contribution < 1.29 is 19.4 Å². The second-order valence-corrected chi connectivity index (χ2v) is 7.45. The van der Waals surface area contributed by atoms with Crippen LogP contribution in [0.5, 0.6) is 5.75 Å². The van der Waals surface area contributed by atoms with Gasteiger partial charge in [0, 0.05) is 23.7 Å². The van der Waals surface area contributed by atoms with Gasteiger partial charge in [0.05, 0.1) is 18.9 Å². The lowest BCUT2D eigenvalue weighted by Gasteiger charge is -2.22. The summed E-state index contributed by atoms with van der Waals surface area (Å²) in [7, 11) is 1.61. The van der Waals surface area contributed by atoms with E-state index in [1.54, 1.807) is 7.11 Å². The van der Waals surface area contributed by atoms with Gasteiger partial charge >= 0.3 is 5.97 Å². The summed E-state index contributed by atoms with van der Waals surface area (Å²) in [5, 5.41) is 14.9. The molecule has 1 aliphatic heterocycles. The lowest BCUT2D eigenvalue weighted by Crippen LogP contribution is -2.27. The molecule has 3 rings (SSSR count). The van der Waals surface area contributed by atoms with Crippen molar-refractivity contribution >= 4 is 33.5 Å². The molecule has 0 saturated heterocycles. The third-order valence-electron chi connectivity index (χ3n) is 4.63. The number of hydrogen-bond donors (Lipinski definition) is 1. The highest BCUT2D eigenvalue weighted by Gasteiger charge is 2.32. The summed E-state index contributed by atoms with van der Waals surface area (Å²) >= 11 is 3.43. The topological polar surface area (TPSA) is 79.2 Å². The van der Waals surface area contributed by atoms with Gasteiger partial charge in [-0.2, -0.15) is 5.10 Å². The van der Waals surface area contributed by atoms with Crippen molar-refractivity contribution in [3.05, 3.63) is 64.1 Å². The molecule has 2 aromatic carbocycles. The Morgan fingerprint density at radius 1 is 1.14 bits per heavy atom. The second-order valence-electron chi connectivity index (χ2n) is 6.53. The molecule has 0 aromatic heterocycles. The summed E-state index contributed by atoms with van der Waals surface area (Å²) in [4.78, 5) is 23.5. The van der Waals surface area contributed by atoms with Gasteiger partial charge in [-0.15, -0.1) is 0 Å². The number of carbonyl (C=O) groups is 2. The number of methoxy groups -OCH3 is 1. The summed E-state index contributed by atoms with van der Waals surface area (Å²) in [5.74, 6) is -0.329. The molecule has 0 fully saturated rings. The summed E-state index contributed by atoms with van der Waals surface area (Å²) in [6, 6.07) is 15.2. The fourth-order valence-corrected chi connectivity index (χ4v) is 3.41. The molecule has 1 aliphatic rings. The third kappa shape index (κ3) is 4.78. The Morgan fingerprint density at radius 3 is 2.43 bits per heavy atom. The van der Waals surface area contributed by atoms with Gasteiger partial charge in [-0.3, -0.25) is 9.59 Å². The minimum atomic E-state index is -0.903. The molecule has 7 heteroatoms. The van der Waals surface area contributed by atoms with Gasteiger partial charge in [0.25, 0.3) is 0 Å². The number of benzene rings is 2. The fourth-order valence-electron chi connectivity index (χ4n) is 3.15. The number of hydrazone groups is 1. The lowest BCUT2D eigenvalue weighted by molar-refractivity contribution is -0.137. The van der Waals surface area contributed by atoms with Crippen LogP contribution in [0.3, 0.4) is 0 Å². The van der Waals surface area contributed by atoms with Crippen molar-refractivity contribution in [2.24, 2.45) is 5.10 Å². The summed E-state index contributed by atoms with van der Waals surface area (Å²) in [6.45, 7) is 0. The summed E-state index contributed by atoms with van der Waals surface area (Å²) < 4.78 is 6.19.